The summed E-state index contributed by atoms with van der Waals surface area (Å²) >= 11 is 0. The molecule has 0 heterocycles. The number of carboxylic acid groups (broad SMARTS) is 1. The van der Waals surface area contributed by atoms with Crippen LogP contribution in [0, 0.1) is 0 Å². The molecule has 0 amide bonds. The van der Waals surface area contributed by atoms with Crippen LogP contribution in [0.5, 0.6) is 5.75 Å². The lowest BCUT2D eigenvalue weighted by molar-refractivity contribution is -0.134. The molecule has 0 unspecified atom stereocenters. The highest BCUT2D eigenvalue weighted by atomic mass is 32.2. The molecule has 0 aliphatic heterocycles. The topological polar surface area (TPSA) is 102 Å². The van der Waals surface area contributed by atoms with Gasteiger partial charge >= 0.3 is 5.97 Å². The number of aliphatic carboxylic acids is 1. The number of methoxy groups -OCH3 is 1. The van der Waals surface area contributed by atoms with Crippen LogP contribution >= 0.6 is 0 Å². The van der Waals surface area contributed by atoms with Crippen molar-refractivity contribution in [2.75, 3.05) is 30.8 Å². The van der Waals surface area contributed by atoms with Crippen molar-refractivity contribution >= 4 is 21.7 Å². The Morgan fingerprint density at radius 2 is 1.89 bits per heavy atom. The van der Waals surface area contributed by atoms with E-state index in [9.17, 15) is 13.2 Å². The molecule has 7 nitrogen and oxygen atoms in total. The third kappa shape index (κ3) is 6.07. The number of anilines is 1. The van der Waals surface area contributed by atoms with Crippen LogP contribution in [-0.4, -0.2) is 45.6 Å². The van der Waals surface area contributed by atoms with Gasteiger partial charge in [0.15, 0.2) is 5.75 Å². The molecule has 106 valence electrons. The van der Waals surface area contributed by atoms with Crippen molar-refractivity contribution in [1.82, 2.24) is 0 Å². The normalized spacial score (nSPS) is 11.0. The first-order valence-electron chi connectivity index (χ1n) is 5.37. The summed E-state index contributed by atoms with van der Waals surface area (Å²) in [6.45, 7) is 0.841. The van der Waals surface area contributed by atoms with Crippen molar-refractivity contribution in [2.24, 2.45) is 0 Å². The van der Waals surface area contributed by atoms with Gasteiger partial charge in [-0.1, -0.05) is 0 Å². The van der Waals surface area contributed by atoms with Crippen LogP contribution < -0.4 is 9.46 Å². The number of carboxylic acids is 1. The van der Waals surface area contributed by atoms with E-state index in [2.05, 4.69) is 4.72 Å². The molecule has 0 radical (unpaired) electrons. The lowest BCUT2D eigenvalue weighted by atomic mass is 10.3. The predicted molar refractivity (Wildman–Crippen MR) is 68.9 cm³/mol. The van der Waals surface area contributed by atoms with E-state index in [1.807, 2.05) is 0 Å². The zero-order valence-corrected chi connectivity index (χ0v) is 11.1. The highest BCUT2D eigenvalue weighted by Crippen LogP contribution is 2.16. The van der Waals surface area contributed by atoms with E-state index in [0.29, 0.717) is 19.0 Å². The van der Waals surface area contributed by atoms with Crippen LogP contribution in [0.3, 0.4) is 0 Å². The van der Waals surface area contributed by atoms with Crippen LogP contribution in [0.4, 0.5) is 5.69 Å². The Morgan fingerprint density at radius 3 is 2.42 bits per heavy atom. The number of benzene rings is 1. The van der Waals surface area contributed by atoms with Gasteiger partial charge in [0, 0.05) is 12.8 Å². The van der Waals surface area contributed by atoms with Gasteiger partial charge < -0.3 is 14.6 Å². The average molecular weight is 289 g/mol. The Hall–Kier alpha value is -1.80. The number of hydrogen-bond acceptors (Lipinski definition) is 5. The van der Waals surface area contributed by atoms with Crippen LogP contribution in [0.15, 0.2) is 24.3 Å². The van der Waals surface area contributed by atoms with Crippen molar-refractivity contribution in [3.05, 3.63) is 24.3 Å². The number of ether oxygens (including phenoxy) is 2. The molecule has 0 aliphatic rings. The molecule has 0 bridgehead atoms. The number of nitrogens with one attached hydrogen (secondary N) is 1. The Bertz CT molecular complexity index is 510. The Morgan fingerprint density at radius 1 is 1.26 bits per heavy atom. The molecular formula is C11H15NO6S. The molecule has 0 aromatic heterocycles. The van der Waals surface area contributed by atoms with Gasteiger partial charge in [-0.05, 0) is 24.3 Å². The van der Waals surface area contributed by atoms with Crippen molar-refractivity contribution in [3.63, 3.8) is 0 Å². The SMILES string of the molecule is COCCOc1ccc(NS(=O)(=O)CC(=O)O)cc1. The number of carbonyl (C=O) groups is 1. The molecule has 0 aliphatic carbocycles. The first-order valence-corrected chi connectivity index (χ1v) is 7.02. The third-order valence-corrected chi connectivity index (χ3v) is 3.17. The minimum Gasteiger partial charge on any atom is -0.491 e. The molecule has 0 spiro atoms. The van der Waals surface area contributed by atoms with Gasteiger partial charge in [-0.15, -0.1) is 0 Å². The molecule has 0 fully saturated rings. The summed E-state index contributed by atoms with van der Waals surface area (Å²) in [5.41, 5.74) is 0.278. The summed E-state index contributed by atoms with van der Waals surface area (Å²) in [4.78, 5) is 10.4. The summed E-state index contributed by atoms with van der Waals surface area (Å²) in [5, 5.41) is 8.44. The standard InChI is InChI=1S/C11H15NO6S/c1-17-6-7-18-10-4-2-9(3-5-10)12-19(15,16)8-11(13)14/h2-5,12H,6-8H2,1H3,(H,13,14). The van der Waals surface area contributed by atoms with E-state index in [1.54, 1.807) is 19.2 Å². The third-order valence-electron chi connectivity index (χ3n) is 2.00. The van der Waals surface area contributed by atoms with Crippen LogP contribution in [0.25, 0.3) is 0 Å². The Kier molecular flexibility index (Phi) is 5.58. The van der Waals surface area contributed by atoms with E-state index in [-0.39, 0.29) is 5.69 Å². The lowest BCUT2D eigenvalue weighted by Gasteiger charge is -2.08. The first-order chi connectivity index (χ1) is 8.93. The number of hydrogen-bond donors (Lipinski definition) is 2. The minimum absolute atomic E-state index is 0.278. The van der Waals surface area contributed by atoms with Crippen molar-refractivity contribution in [2.45, 2.75) is 0 Å². The summed E-state index contributed by atoms with van der Waals surface area (Å²) in [5.74, 6) is -1.82. The number of rotatable bonds is 8. The van der Waals surface area contributed by atoms with Gasteiger partial charge in [-0.25, -0.2) is 8.42 Å². The van der Waals surface area contributed by atoms with Gasteiger partial charge in [0.05, 0.1) is 6.61 Å². The Labute approximate surface area is 111 Å². The number of sulfonamides is 1. The molecule has 8 heteroatoms. The van der Waals surface area contributed by atoms with E-state index < -0.39 is 21.7 Å². The molecule has 0 saturated heterocycles. The van der Waals surface area contributed by atoms with E-state index >= 15 is 0 Å². The maximum absolute atomic E-state index is 11.4. The second kappa shape index (κ2) is 6.95. The fourth-order valence-corrected chi connectivity index (χ4v) is 2.13. The summed E-state index contributed by atoms with van der Waals surface area (Å²) in [6.07, 6.45) is 0. The quantitative estimate of drug-likeness (QED) is 0.677. The highest BCUT2D eigenvalue weighted by Gasteiger charge is 2.15. The van der Waals surface area contributed by atoms with Crippen molar-refractivity contribution in [1.29, 1.82) is 0 Å². The van der Waals surface area contributed by atoms with Gasteiger partial charge in [0.2, 0.25) is 10.0 Å². The maximum atomic E-state index is 11.4. The van der Waals surface area contributed by atoms with E-state index in [0.717, 1.165) is 0 Å². The fourth-order valence-electron chi connectivity index (χ4n) is 1.24. The van der Waals surface area contributed by atoms with Crippen molar-refractivity contribution < 1.29 is 27.8 Å². The molecule has 2 N–H and O–H groups in total. The molecule has 1 aromatic rings. The summed E-state index contributed by atoms with van der Waals surface area (Å²) < 4.78 is 35.0. The maximum Gasteiger partial charge on any atom is 0.320 e. The van der Waals surface area contributed by atoms with Gasteiger partial charge in [-0.3, -0.25) is 9.52 Å². The van der Waals surface area contributed by atoms with E-state index in [1.165, 1.54) is 12.1 Å². The molecule has 1 aromatic carbocycles. The molecular weight excluding hydrogens is 274 g/mol. The second-order valence-corrected chi connectivity index (χ2v) is 5.34. The van der Waals surface area contributed by atoms with E-state index in [4.69, 9.17) is 14.6 Å². The molecule has 1 rings (SSSR count). The predicted octanol–water partition coefficient (Wildman–Crippen LogP) is 0.538. The average Bonchev–Trinajstić information content (AvgIpc) is 2.29. The highest BCUT2D eigenvalue weighted by molar-refractivity contribution is 7.93. The monoisotopic (exact) mass is 289 g/mol. The molecule has 0 atom stereocenters. The van der Waals surface area contributed by atoms with Crippen LogP contribution in [0.1, 0.15) is 0 Å². The zero-order chi connectivity index (χ0) is 14.3. The van der Waals surface area contributed by atoms with Gasteiger partial charge in [-0.2, -0.15) is 0 Å². The largest absolute Gasteiger partial charge is 0.491 e. The summed E-state index contributed by atoms with van der Waals surface area (Å²) in [6, 6.07) is 6.13. The smallest absolute Gasteiger partial charge is 0.320 e. The van der Waals surface area contributed by atoms with Gasteiger partial charge in [0.1, 0.15) is 12.4 Å². The van der Waals surface area contributed by atoms with Crippen molar-refractivity contribution in [3.8, 4) is 5.75 Å². The summed E-state index contributed by atoms with van der Waals surface area (Å²) in [7, 11) is -2.32. The second-order valence-electron chi connectivity index (χ2n) is 3.62. The van der Waals surface area contributed by atoms with Crippen LogP contribution in [-0.2, 0) is 19.6 Å². The lowest BCUT2D eigenvalue weighted by Crippen LogP contribution is -2.22. The molecule has 0 saturated carbocycles. The van der Waals surface area contributed by atoms with Gasteiger partial charge in [0.25, 0.3) is 0 Å². The fraction of sp³-hybridized carbons (Fsp3) is 0.364. The molecule has 19 heavy (non-hydrogen) atoms. The zero-order valence-electron chi connectivity index (χ0n) is 10.3. The van der Waals surface area contributed by atoms with Crippen LogP contribution in [0.2, 0.25) is 0 Å². The minimum atomic E-state index is -3.88. The first kappa shape index (κ1) is 15.3. The Balaban J connectivity index is 2.59.